The zero-order valence-corrected chi connectivity index (χ0v) is 9.95. The van der Waals surface area contributed by atoms with Crippen LogP contribution in [0.15, 0.2) is 6.33 Å². The first-order valence-electron chi connectivity index (χ1n) is 5.92. The highest BCUT2D eigenvalue weighted by molar-refractivity contribution is 5.09. The van der Waals surface area contributed by atoms with Gasteiger partial charge < -0.3 is 9.88 Å². The maximum absolute atomic E-state index is 4.34. The van der Waals surface area contributed by atoms with Gasteiger partial charge in [0, 0.05) is 17.8 Å². The van der Waals surface area contributed by atoms with Crippen LogP contribution in [0.4, 0.5) is 0 Å². The minimum Gasteiger partial charge on any atom is -0.332 e. The fourth-order valence-corrected chi connectivity index (χ4v) is 1.88. The first-order valence-corrected chi connectivity index (χ1v) is 5.92. The van der Waals surface area contributed by atoms with E-state index in [0.717, 1.165) is 18.3 Å². The summed E-state index contributed by atoms with van der Waals surface area (Å²) in [4.78, 5) is 4.34. The Hall–Kier alpha value is -0.830. The van der Waals surface area contributed by atoms with Gasteiger partial charge in [0.2, 0.25) is 0 Å². The van der Waals surface area contributed by atoms with E-state index in [1.807, 2.05) is 6.33 Å². The molecule has 1 fully saturated rings. The third-order valence-electron chi connectivity index (χ3n) is 3.33. The SMILES string of the molecule is Cc1ncn(C(C)CCNC2CC2)c1C. The minimum absolute atomic E-state index is 0.553. The van der Waals surface area contributed by atoms with E-state index in [2.05, 4.69) is 35.6 Å². The lowest BCUT2D eigenvalue weighted by Gasteiger charge is -2.15. The van der Waals surface area contributed by atoms with Crippen molar-refractivity contribution in [1.29, 1.82) is 0 Å². The average molecular weight is 207 g/mol. The van der Waals surface area contributed by atoms with Crippen LogP contribution in [0.5, 0.6) is 0 Å². The summed E-state index contributed by atoms with van der Waals surface area (Å²) >= 11 is 0. The second-order valence-electron chi connectivity index (χ2n) is 4.69. The van der Waals surface area contributed by atoms with E-state index in [1.54, 1.807) is 0 Å². The van der Waals surface area contributed by atoms with Crippen molar-refractivity contribution in [2.24, 2.45) is 0 Å². The molecule has 0 bridgehead atoms. The minimum atomic E-state index is 0.553. The van der Waals surface area contributed by atoms with Crippen LogP contribution < -0.4 is 5.32 Å². The Morgan fingerprint density at radius 3 is 2.80 bits per heavy atom. The summed E-state index contributed by atoms with van der Waals surface area (Å²) in [6.07, 6.45) is 5.90. The van der Waals surface area contributed by atoms with Crippen molar-refractivity contribution < 1.29 is 0 Å². The van der Waals surface area contributed by atoms with Crippen molar-refractivity contribution in [1.82, 2.24) is 14.9 Å². The Kier molecular flexibility index (Phi) is 3.10. The first-order chi connectivity index (χ1) is 7.18. The van der Waals surface area contributed by atoms with Gasteiger partial charge in [0.15, 0.2) is 0 Å². The van der Waals surface area contributed by atoms with Crippen LogP contribution in [-0.2, 0) is 0 Å². The molecule has 15 heavy (non-hydrogen) atoms. The number of hydrogen-bond acceptors (Lipinski definition) is 2. The van der Waals surface area contributed by atoms with E-state index in [9.17, 15) is 0 Å². The second kappa shape index (κ2) is 4.35. The summed E-state index contributed by atoms with van der Waals surface area (Å²) in [5.41, 5.74) is 2.45. The first kappa shape index (κ1) is 10.7. The lowest BCUT2D eigenvalue weighted by Crippen LogP contribution is -2.20. The van der Waals surface area contributed by atoms with E-state index in [1.165, 1.54) is 25.0 Å². The predicted molar refractivity (Wildman–Crippen MR) is 62.1 cm³/mol. The molecule has 1 aliphatic carbocycles. The van der Waals surface area contributed by atoms with E-state index >= 15 is 0 Å². The third kappa shape index (κ3) is 2.59. The quantitative estimate of drug-likeness (QED) is 0.802. The smallest absolute Gasteiger partial charge is 0.0953 e. The number of nitrogens with one attached hydrogen (secondary N) is 1. The molecule has 3 nitrogen and oxygen atoms in total. The molecule has 3 heteroatoms. The fraction of sp³-hybridized carbons (Fsp3) is 0.750. The molecule has 1 N–H and O–H groups in total. The molecule has 0 radical (unpaired) electrons. The van der Waals surface area contributed by atoms with Gasteiger partial charge in [-0.3, -0.25) is 0 Å². The normalized spacial score (nSPS) is 18.1. The number of nitrogens with zero attached hydrogens (tertiary/aromatic N) is 2. The lowest BCUT2D eigenvalue weighted by atomic mass is 10.2. The highest BCUT2D eigenvalue weighted by Crippen LogP contribution is 2.20. The van der Waals surface area contributed by atoms with Crippen molar-refractivity contribution in [2.45, 2.75) is 52.1 Å². The molecule has 84 valence electrons. The molecular formula is C12H21N3. The summed E-state index contributed by atoms with van der Waals surface area (Å²) in [7, 11) is 0. The number of rotatable bonds is 5. The average Bonchev–Trinajstić information content (AvgIpc) is 2.96. The molecule has 0 aromatic carbocycles. The number of imidazole rings is 1. The topological polar surface area (TPSA) is 29.9 Å². The lowest BCUT2D eigenvalue weighted by molar-refractivity contribution is 0.474. The molecule has 0 saturated heterocycles. The van der Waals surface area contributed by atoms with Gasteiger partial charge in [0.25, 0.3) is 0 Å². The Labute approximate surface area is 91.9 Å². The van der Waals surface area contributed by atoms with Crippen LogP contribution in [0.1, 0.15) is 43.6 Å². The van der Waals surface area contributed by atoms with Gasteiger partial charge in [-0.05, 0) is 46.6 Å². The van der Waals surface area contributed by atoms with Crippen molar-refractivity contribution in [3.63, 3.8) is 0 Å². The summed E-state index contributed by atoms with van der Waals surface area (Å²) in [6.45, 7) is 7.61. The van der Waals surface area contributed by atoms with E-state index in [4.69, 9.17) is 0 Å². The molecular weight excluding hydrogens is 186 g/mol. The Morgan fingerprint density at radius 1 is 1.53 bits per heavy atom. The number of hydrogen-bond donors (Lipinski definition) is 1. The van der Waals surface area contributed by atoms with Gasteiger partial charge in [0.1, 0.15) is 0 Å². The van der Waals surface area contributed by atoms with Gasteiger partial charge in [-0.1, -0.05) is 0 Å². The summed E-state index contributed by atoms with van der Waals surface area (Å²) in [6, 6.07) is 1.38. The molecule has 0 aliphatic heterocycles. The van der Waals surface area contributed by atoms with Crippen LogP contribution in [0.25, 0.3) is 0 Å². The molecule has 1 aromatic rings. The Morgan fingerprint density at radius 2 is 2.27 bits per heavy atom. The maximum Gasteiger partial charge on any atom is 0.0953 e. The van der Waals surface area contributed by atoms with Crippen molar-refractivity contribution in [2.75, 3.05) is 6.54 Å². The standard InChI is InChI=1S/C12H21N3/c1-9(6-7-13-12-4-5-12)15-8-14-10(2)11(15)3/h8-9,12-13H,4-7H2,1-3H3. The Balaban J connectivity index is 1.83. The molecule has 1 saturated carbocycles. The maximum atomic E-state index is 4.34. The summed E-state index contributed by atoms with van der Waals surface area (Å²) in [5.74, 6) is 0. The highest BCUT2D eigenvalue weighted by atomic mass is 15.1. The molecule has 0 spiro atoms. The zero-order chi connectivity index (χ0) is 10.8. The van der Waals surface area contributed by atoms with Crippen LogP contribution in [0.3, 0.4) is 0 Å². The third-order valence-corrected chi connectivity index (χ3v) is 3.33. The van der Waals surface area contributed by atoms with Gasteiger partial charge in [-0.2, -0.15) is 0 Å². The van der Waals surface area contributed by atoms with Crippen LogP contribution in [0.2, 0.25) is 0 Å². The van der Waals surface area contributed by atoms with Gasteiger partial charge in [-0.25, -0.2) is 4.98 Å². The van der Waals surface area contributed by atoms with Gasteiger partial charge in [0.05, 0.1) is 12.0 Å². The van der Waals surface area contributed by atoms with Crippen molar-refractivity contribution in [3.8, 4) is 0 Å². The monoisotopic (exact) mass is 207 g/mol. The number of aryl methyl sites for hydroxylation is 1. The fourth-order valence-electron chi connectivity index (χ4n) is 1.88. The molecule has 1 atom stereocenters. The molecule has 1 heterocycles. The highest BCUT2D eigenvalue weighted by Gasteiger charge is 2.20. The van der Waals surface area contributed by atoms with Crippen LogP contribution in [0, 0.1) is 13.8 Å². The molecule has 0 amide bonds. The Bertz CT molecular complexity index is 326. The van der Waals surface area contributed by atoms with Crippen molar-refractivity contribution >= 4 is 0 Å². The summed E-state index contributed by atoms with van der Waals surface area (Å²) < 4.78 is 2.28. The largest absolute Gasteiger partial charge is 0.332 e. The van der Waals surface area contributed by atoms with Crippen molar-refractivity contribution in [3.05, 3.63) is 17.7 Å². The number of aromatic nitrogens is 2. The zero-order valence-electron chi connectivity index (χ0n) is 9.95. The van der Waals surface area contributed by atoms with Crippen LogP contribution >= 0.6 is 0 Å². The van der Waals surface area contributed by atoms with Crippen LogP contribution in [-0.4, -0.2) is 22.1 Å². The molecule has 2 rings (SSSR count). The van der Waals surface area contributed by atoms with E-state index in [-0.39, 0.29) is 0 Å². The van der Waals surface area contributed by atoms with Gasteiger partial charge >= 0.3 is 0 Å². The molecule has 1 aromatic heterocycles. The second-order valence-corrected chi connectivity index (χ2v) is 4.69. The van der Waals surface area contributed by atoms with E-state index < -0.39 is 0 Å². The van der Waals surface area contributed by atoms with E-state index in [0.29, 0.717) is 6.04 Å². The molecule has 1 unspecified atom stereocenters. The van der Waals surface area contributed by atoms with Gasteiger partial charge in [-0.15, -0.1) is 0 Å². The summed E-state index contributed by atoms with van der Waals surface area (Å²) in [5, 5.41) is 3.55. The predicted octanol–water partition coefficient (Wildman–Crippen LogP) is 2.20. The molecule has 1 aliphatic rings.